The van der Waals surface area contributed by atoms with E-state index in [9.17, 15) is 14.4 Å². The molecule has 1 aliphatic rings. The lowest BCUT2D eigenvalue weighted by Crippen LogP contribution is -2.48. The SMILES string of the molecule is COC(=O)c1cn([C@H]2C[C@H](O[Si](C)(C)C(C)(C)C)[C@@H](CO[Si](C)(C)C(C)(C)C)O2)c(=O)nc1NC(C)=O. The fourth-order valence-electron chi connectivity index (χ4n) is 3.40. The third-order valence-corrected chi connectivity index (χ3v) is 16.8. The molecule has 210 valence electrons. The predicted octanol–water partition coefficient (Wildman–Crippen LogP) is 4.69. The van der Waals surface area contributed by atoms with Crippen LogP contribution < -0.4 is 11.0 Å². The first-order chi connectivity index (χ1) is 16.7. The van der Waals surface area contributed by atoms with Gasteiger partial charge >= 0.3 is 11.7 Å². The van der Waals surface area contributed by atoms with Gasteiger partial charge in [0.1, 0.15) is 17.9 Å². The van der Waals surface area contributed by atoms with Crippen LogP contribution in [0.25, 0.3) is 0 Å². The van der Waals surface area contributed by atoms with Crippen LogP contribution in [0.15, 0.2) is 11.0 Å². The van der Waals surface area contributed by atoms with Gasteiger partial charge in [-0.15, -0.1) is 0 Å². The second-order valence-electron chi connectivity index (χ2n) is 12.7. The molecule has 0 aromatic carbocycles. The zero-order chi connectivity index (χ0) is 28.6. The summed E-state index contributed by atoms with van der Waals surface area (Å²) < 4.78 is 25.7. The second-order valence-corrected chi connectivity index (χ2v) is 22.3. The Labute approximate surface area is 222 Å². The average Bonchev–Trinajstić information content (AvgIpc) is 3.11. The lowest BCUT2D eigenvalue weighted by Gasteiger charge is -2.40. The molecule has 1 amide bonds. The van der Waals surface area contributed by atoms with E-state index in [4.69, 9.17) is 18.3 Å². The smallest absolute Gasteiger partial charge is 0.351 e. The molecule has 2 rings (SSSR count). The number of aromatic nitrogens is 2. The highest BCUT2D eigenvalue weighted by atomic mass is 28.4. The number of amides is 1. The maximum absolute atomic E-state index is 13.0. The molecule has 1 saturated heterocycles. The third kappa shape index (κ3) is 7.37. The fourth-order valence-corrected chi connectivity index (χ4v) is 5.78. The van der Waals surface area contributed by atoms with E-state index in [-0.39, 0.29) is 27.6 Å². The molecule has 37 heavy (non-hydrogen) atoms. The molecular weight excluding hydrogens is 510 g/mol. The highest BCUT2D eigenvalue weighted by molar-refractivity contribution is 6.74. The number of nitrogens with one attached hydrogen (secondary N) is 1. The Balaban J connectivity index is 2.46. The van der Waals surface area contributed by atoms with E-state index in [1.165, 1.54) is 24.8 Å². The van der Waals surface area contributed by atoms with Gasteiger partial charge in [0.2, 0.25) is 5.91 Å². The van der Waals surface area contributed by atoms with E-state index < -0.39 is 46.5 Å². The molecule has 0 unspecified atom stereocenters. The van der Waals surface area contributed by atoms with Gasteiger partial charge in [-0.3, -0.25) is 9.36 Å². The minimum Gasteiger partial charge on any atom is -0.465 e. The summed E-state index contributed by atoms with van der Waals surface area (Å²) in [6.07, 6.45) is 0.283. The van der Waals surface area contributed by atoms with Crippen molar-refractivity contribution in [2.75, 3.05) is 19.0 Å². The van der Waals surface area contributed by atoms with Crippen LogP contribution in [0.1, 0.15) is 71.5 Å². The van der Waals surface area contributed by atoms with Gasteiger partial charge in [0, 0.05) is 19.5 Å². The molecule has 0 bridgehead atoms. The Bertz CT molecular complexity index is 1060. The molecule has 10 nitrogen and oxygen atoms in total. The van der Waals surface area contributed by atoms with Gasteiger partial charge in [0.05, 0.1) is 19.8 Å². The Kier molecular flexibility index (Phi) is 9.40. The number of carbonyl (C=O) groups is 2. The van der Waals surface area contributed by atoms with Crippen molar-refractivity contribution in [3.8, 4) is 0 Å². The Hall–Kier alpha value is -1.87. The molecule has 0 radical (unpaired) electrons. The molecule has 1 N–H and O–H groups in total. The maximum atomic E-state index is 13.0. The fraction of sp³-hybridized carbons (Fsp3) is 0.760. The van der Waals surface area contributed by atoms with E-state index in [0.717, 1.165) is 0 Å². The number of esters is 1. The normalized spacial score (nSPS) is 21.1. The molecule has 0 spiro atoms. The molecule has 0 saturated carbocycles. The van der Waals surface area contributed by atoms with Gasteiger partial charge in [0.25, 0.3) is 0 Å². The van der Waals surface area contributed by atoms with Gasteiger partial charge < -0.3 is 23.6 Å². The molecule has 1 fully saturated rings. The standard InChI is InChI=1S/C25H45N3O7Si2/c1-16(29)26-21-17(22(30)32-8)14-28(23(31)27-21)20-13-18(35-37(11,12)25(5,6)7)19(34-20)15-33-36(9,10)24(2,3)4/h14,18-20H,13,15H2,1-12H3,(H,26,27,29,31)/t18-,19+,20+/m0/s1. The Morgan fingerprint density at radius 3 is 2.16 bits per heavy atom. The van der Waals surface area contributed by atoms with Crippen molar-refractivity contribution in [2.24, 2.45) is 0 Å². The number of hydrogen-bond donors (Lipinski definition) is 1. The van der Waals surface area contributed by atoms with E-state index in [0.29, 0.717) is 13.0 Å². The van der Waals surface area contributed by atoms with E-state index in [1.54, 1.807) is 0 Å². The van der Waals surface area contributed by atoms with Gasteiger partial charge in [-0.2, -0.15) is 4.98 Å². The van der Waals surface area contributed by atoms with Crippen molar-refractivity contribution in [1.29, 1.82) is 0 Å². The van der Waals surface area contributed by atoms with Crippen LogP contribution in [0.2, 0.25) is 36.3 Å². The zero-order valence-corrected chi connectivity index (χ0v) is 26.5. The topological polar surface area (TPSA) is 118 Å². The first kappa shape index (κ1) is 31.4. The largest absolute Gasteiger partial charge is 0.465 e. The number of anilines is 1. The van der Waals surface area contributed by atoms with Gasteiger partial charge in [-0.1, -0.05) is 41.5 Å². The van der Waals surface area contributed by atoms with Gasteiger partial charge in [-0.05, 0) is 36.3 Å². The van der Waals surface area contributed by atoms with E-state index >= 15 is 0 Å². The van der Waals surface area contributed by atoms with Crippen molar-refractivity contribution in [3.05, 3.63) is 22.2 Å². The quantitative estimate of drug-likeness (QED) is 0.363. The molecule has 3 atom stereocenters. The minimum atomic E-state index is -2.18. The molecule has 2 heterocycles. The minimum absolute atomic E-state index is 0.0214. The number of rotatable bonds is 8. The van der Waals surface area contributed by atoms with E-state index in [1.807, 2.05) is 0 Å². The highest BCUT2D eigenvalue weighted by Crippen LogP contribution is 2.42. The summed E-state index contributed by atoms with van der Waals surface area (Å²) in [6, 6.07) is 0. The molecular formula is C25H45N3O7Si2. The van der Waals surface area contributed by atoms with Gasteiger partial charge in [-0.25, -0.2) is 9.59 Å². The van der Waals surface area contributed by atoms with Crippen molar-refractivity contribution in [3.63, 3.8) is 0 Å². The van der Waals surface area contributed by atoms with Crippen LogP contribution in [0.3, 0.4) is 0 Å². The Morgan fingerprint density at radius 2 is 1.68 bits per heavy atom. The summed E-state index contributed by atoms with van der Waals surface area (Å²) in [5.41, 5.74) is -0.692. The van der Waals surface area contributed by atoms with Crippen molar-refractivity contribution in [2.45, 2.75) is 110 Å². The van der Waals surface area contributed by atoms with Crippen molar-refractivity contribution < 1.29 is 27.9 Å². The summed E-state index contributed by atoms with van der Waals surface area (Å²) in [5.74, 6) is -1.34. The lowest BCUT2D eigenvalue weighted by atomic mass is 10.2. The lowest BCUT2D eigenvalue weighted by molar-refractivity contribution is -0.114. The summed E-state index contributed by atoms with van der Waals surface area (Å²) in [4.78, 5) is 41.0. The second kappa shape index (κ2) is 11.1. The first-order valence-corrected chi connectivity index (χ1v) is 18.5. The maximum Gasteiger partial charge on any atom is 0.351 e. The van der Waals surface area contributed by atoms with Gasteiger partial charge in [0.15, 0.2) is 22.5 Å². The zero-order valence-electron chi connectivity index (χ0n) is 24.5. The first-order valence-electron chi connectivity index (χ1n) is 12.7. The van der Waals surface area contributed by atoms with Crippen LogP contribution >= 0.6 is 0 Å². The molecule has 1 aromatic heterocycles. The monoisotopic (exact) mass is 555 g/mol. The average molecular weight is 556 g/mol. The van der Waals surface area contributed by atoms with Crippen molar-refractivity contribution >= 4 is 34.3 Å². The number of carbonyl (C=O) groups excluding carboxylic acids is 2. The van der Waals surface area contributed by atoms with Crippen LogP contribution in [0.4, 0.5) is 5.82 Å². The summed E-state index contributed by atoms with van der Waals surface area (Å²) in [7, 11) is -3.03. The highest BCUT2D eigenvalue weighted by Gasteiger charge is 2.47. The van der Waals surface area contributed by atoms with Crippen LogP contribution in [-0.4, -0.2) is 64.0 Å². The van der Waals surface area contributed by atoms with Crippen LogP contribution in [0.5, 0.6) is 0 Å². The van der Waals surface area contributed by atoms with Crippen molar-refractivity contribution in [1.82, 2.24) is 9.55 Å². The number of methoxy groups -OCH3 is 1. The third-order valence-electron chi connectivity index (χ3n) is 7.81. The summed E-state index contributed by atoms with van der Waals surface area (Å²) in [5, 5.41) is 2.43. The molecule has 1 aromatic rings. The molecule has 0 aliphatic carbocycles. The Morgan fingerprint density at radius 1 is 1.11 bits per heavy atom. The van der Waals surface area contributed by atoms with E-state index in [2.05, 4.69) is 78.0 Å². The van der Waals surface area contributed by atoms with Crippen LogP contribution in [0, 0.1) is 0 Å². The summed E-state index contributed by atoms with van der Waals surface area (Å²) >= 11 is 0. The number of nitrogens with zero attached hydrogens (tertiary/aromatic N) is 2. The number of hydrogen-bond acceptors (Lipinski definition) is 8. The van der Waals surface area contributed by atoms with Crippen LogP contribution in [-0.2, 0) is 23.1 Å². The number of ether oxygens (including phenoxy) is 2. The summed E-state index contributed by atoms with van der Waals surface area (Å²) in [6.45, 7) is 23.4. The molecule has 12 heteroatoms. The predicted molar refractivity (Wildman–Crippen MR) is 148 cm³/mol. The molecule has 1 aliphatic heterocycles.